The van der Waals surface area contributed by atoms with E-state index in [1.54, 1.807) is 0 Å². The first kappa shape index (κ1) is 11.1. The van der Waals surface area contributed by atoms with Crippen molar-refractivity contribution in [3.63, 3.8) is 0 Å². The summed E-state index contributed by atoms with van der Waals surface area (Å²) in [6.07, 6.45) is 2.77. The van der Waals surface area contributed by atoms with Crippen LogP contribution in [0.1, 0.15) is 32.3 Å². The molecule has 0 spiro atoms. The fraction of sp³-hybridized carbons (Fsp3) is 0.636. The highest BCUT2D eigenvalue weighted by atomic mass is 14.9. The Labute approximate surface area is 86.0 Å². The molecule has 0 aliphatic heterocycles. The average Bonchev–Trinajstić information content (AvgIpc) is 2.01. The lowest BCUT2D eigenvalue weighted by Crippen LogP contribution is -2.37. The van der Waals surface area contributed by atoms with Gasteiger partial charge in [0.15, 0.2) is 0 Å². The summed E-state index contributed by atoms with van der Waals surface area (Å²) in [7, 11) is 0. The zero-order chi connectivity index (χ0) is 10.6. The lowest BCUT2D eigenvalue weighted by atomic mass is 10.1. The van der Waals surface area contributed by atoms with Crippen molar-refractivity contribution < 1.29 is 0 Å². The number of aromatic nitrogens is 2. The molecule has 0 saturated heterocycles. The fourth-order valence-electron chi connectivity index (χ4n) is 1.21. The van der Waals surface area contributed by atoms with Crippen molar-refractivity contribution in [2.75, 3.05) is 6.54 Å². The molecule has 3 nitrogen and oxygen atoms in total. The van der Waals surface area contributed by atoms with Crippen LogP contribution in [0, 0.1) is 6.92 Å². The monoisotopic (exact) mass is 193 g/mol. The Morgan fingerprint density at radius 3 is 2.64 bits per heavy atom. The first-order chi connectivity index (χ1) is 6.47. The second-order valence-corrected chi connectivity index (χ2v) is 4.52. The summed E-state index contributed by atoms with van der Waals surface area (Å²) < 4.78 is 0. The van der Waals surface area contributed by atoms with Crippen LogP contribution in [-0.2, 0) is 6.42 Å². The highest BCUT2D eigenvalue weighted by molar-refractivity contribution is 5.02. The molecule has 0 aliphatic rings. The number of hydrogen-bond donors (Lipinski definition) is 1. The minimum absolute atomic E-state index is 0.183. The topological polar surface area (TPSA) is 37.8 Å². The Balaban J connectivity index is 2.39. The Morgan fingerprint density at radius 1 is 1.36 bits per heavy atom. The Kier molecular flexibility index (Phi) is 3.58. The van der Waals surface area contributed by atoms with Gasteiger partial charge < -0.3 is 5.32 Å². The van der Waals surface area contributed by atoms with E-state index < -0.39 is 0 Å². The quantitative estimate of drug-likeness (QED) is 0.794. The lowest BCUT2D eigenvalue weighted by Gasteiger charge is -2.20. The van der Waals surface area contributed by atoms with Crippen molar-refractivity contribution in [3.8, 4) is 0 Å². The third kappa shape index (κ3) is 4.33. The minimum Gasteiger partial charge on any atom is -0.312 e. The molecule has 0 fully saturated rings. The maximum atomic E-state index is 4.34. The molecule has 1 N–H and O–H groups in total. The fourth-order valence-corrected chi connectivity index (χ4v) is 1.21. The second kappa shape index (κ2) is 4.51. The van der Waals surface area contributed by atoms with Crippen LogP contribution in [0.15, 0.2) is 12.3 Å². The summed E-state index contributed by atoms with van der Waals surface area (Å²) in [6, 6.07) is 1.97. The van der Waals surface area contributed by atoms with Crippen LogP contribution in [0.25, 0.3) is 0 Å². The van der Waals surface area contributed by atoms with Crippen LogP contribution < -0.4 is 5.32 Å². The van der Waals surface area contributed by atoms with Gasteiger partial charge in [-0.1, -0.05) is 0 Å². The number of nitrogens with zero attached hydrogens (tertiary/aromatic N) is 2. The Hall–Kier alpha value is -0.960. The van der Waals surface area contributed by atoms with Crippen molar-refractivity contribution in [1.29, 1.82) is 0 Å². The van der Waals surface area contributed by atoms with E-state index in [-0.39, 0.29) is 5.54 Å². The van der Waals surface area contributed by atoms with Crippen LogP contribution in [0.5, 0.6) is 0 Å². The molecule has 3 heteroatoms. The first-order valence-corrected chi connectivity index (χ1v) is 5.01. The van der Waals surface area contributed by atoms with Crippen LogP contribution in [0.3, 0.4) is 0 Å². The normalized spacial score (nSPS) is 11.7. The summed E-state index contributed by atoms with van der Waals surface area (Å²) >= 11 is 0. The van der Waals surface area contributed by atoms with Gasteiger partial charge in [0.25, 0.3) is 0 Å². The van der Waals surface area contributed by atoms with E-state index in [9.17, 15) is 0 Å². The Morgan fingerprint density at radius 2 is 2.07 bits per heavy atom. The van der Waals surface area contributed by atoms with E-state index in [1.807, 2.05) is 19.2 Å². The number of aryl methyl sites for hydroxylation is 1. The molecule has 0 saturated carbocycles. The molecule has 0 aromatic carbocycles. The molecule has 0 atom stereocenters. The third-order valence-electron chi connectivity index (χ3n) is 1.87. The van der Waals surface area contributed by atoms with Crippen molar-refractivity contribution in [3.05, 3.63) is 23.8 Å². The average molecular weight is 193 g/mol. The molecule has 1 heterocycles. The maximum Gasteiger partial charge on any atom is 0.125 e. The minimum atomic E-state index is 0.183. The molecule has 0 aliphatic carbocycles. The molecule has 1 aromatic heterocycles. The van der Waals surface area contributed by atoms with Gasteiger partial charge in [-0.3, -0.25) is 0 Å². The van der Waals surface area contributed by atoms with Crippen molar-refractivity contribution >= 4 is 0 Å². The molecule has 78 valence electrons. The van der Waals surface area contributed by atoms with Crippen LogP contribution in [0.4, 0.5) is 0 Å². The molecule has 1 aromatic rings. The molecular formula is C11H19N3. The van der Waals surface area contributed by atoms with Crippen molar-refractivity contribution in [1.82, 2.24) is 15.3 Å². The van der Waals surface area contributed by atoms with Crippen LogP contribution >= 0.6 is 0 Å². The molecule has 0 radical (unpaired) electrons. The van der Waals surface area contributed by atoms with Crippen LogP contribution in [0.2, 0.25) is 0 Å². The standard InChI is InChI=1S/C11H19N3/c1-9-12-7-5-10(14-9)6-8-13-11(2,3)4/h5,7,13H,6,8H2,1-4H3. The number of hydrogen-bond acceptors (Lipinski definition) is 3. The van der Waals surface area contributed by atoms with Gasteiger partial charge in [0, 0.05) is 30.4 Å². The molecule has 0 unspecified atom stereocenters. The van der Waals surface area contributed by atoms with Gasteiger partial charge in [0.05, 0.1) is 0 Å². The molecule has 1 rings (SSSR count). The van der Waals surface area contributed by atoms with E-state index in [0.717, 1.165) is 24.5 Å². The smallest absolute Gasteiger partial charge is 0.125 e. The van der Waals surface area contributed by atoms with Gasteiger partial charge in [0.2, 0.25) is 0 Å². The largest absolute Gasteiger partial charge is 0.312 e. The Bertz CT molecular complexity index is 289. The summed E-state index contributed by atoms with van der Waals surface area (Å²) in [5.41, 5.74) is 1.29. The summed E-state index contributed by atoms with van der Waals surface area (Å²) in [5.74, 6) is 0.846. The third-order valence-corrected chi connectivity index (χ3v) is 1.87. The summed E-state index contributed by atoms with van der Waals surface area (Å²) in [6.45, 7) is 9.37. The van der Waals surface area contributed by atoms with Crippen LogP contribution in [-0.4, -0.2) is 22.1 Å². The van der Waals surface area contributed by atoms with Crippen molar-refractivity contribution in [2.45, 2.75) is 39.7 Å². The molecule has 14 heavy (non-hydrogen) atoms. The SMILES string of the molecule is Cc1nccc(CCNC(C)(C)C)n1. The highest BCUT2D eigenvalue weighted by Gasteiger charge is 2.07. The van der Waals surface area contributed by atoms with E-state index in [2.05, 4.69) is 36.1 Å². The number of nitrogens with one attached hydrogen (secondary N) is 1. The highest BCUT2D eigenvalue weighted by Crippen LogP contribution is 2.00. The van der Waals surface area contributed by atoms with E-state index in [4.69, 9.17) is 0 Å². The van der Waals surface area contributed by atoms with E-state index in [1.165, 1.54) is 0 Å². The molecular weight excluding hydrogens is 174 g/mol. The zero-order valence-corrected chi connectivity index (χ0v) is 9.46. The second-order valence-electron chi connectivity index (χ2n) is 4.52. The molecule has 0 bridgehead atoms. The van der Waals surface area contributed by atoms with Gasteiger partial charge in [-0.15, -0.1) is 0 Å². The predicted octanol–water partition coefficient (Wildman–Crippen LogP) is 1.72. The molecule has 0 amide bonds. The zero-order valence-electron chi connectivity index (χ0n) is 9.46. The summed E-state index contributed by atoms with van der Waals surface area (Å²) in [5, 5.41) is 3.43. The predicted molar refractivity (Wildman–Crippen MR) is 58.2 cm³/mol. The van der Waals surface area contributed by atoms with Gasteiger partial charge in [-0.2, -0.15) is 0 Å². The summed E-state index contributed by atoms with van der Waals surface area (Å²) in [4.78, 5) is 8.41. The lowest BCUT2D eigenvalue weighted by molar-refractivity contribution is 0.428. The van der Waals surface area contributed by atoms with Gasteiger partial charge in [-0.05, 0) is 33.8 Å². The number of rotatable bonds is 3. The van der Waals surface area contributed by atoms with Gasteiger partial charge in [-0.25, -0.2) is 9.97 Å². The van der Waals surface area contributed by atoms with Gasteiger partial charge in [0.1, 0.15) is 5.82 Å². The maximum absolute atomic E-state index is 4.34. The van der Waals surface area contributed by atoms with Crippen molar-refractivity contribution in [2.24, 2.45) is 0 Å². The van der Waals surface area contributed by atoms with E-state index >= 15 is 0 Å². The van der Waals surface area contributed by atoms with Gasteiger partial charge >= 0.3 is 0 Å². The van der Waals surface area contributed by atoms with E-state index in [0.29, 0.717) is 0 Å². The first-order valence-electron chi connectivity index (χ1n) is 5.01.